The van der Waals surface area contributed by atoms with Crippen LogP contribution in [0.3, 0.4) is 0 Å². The van der Waals surface area contributed by atoms with Crippen molar-refractivity contribution in [3.63, 3.8) is 0 Å². The van der Waals surface area contributed by atoms with Crippen LogP contribution in [0.2, 0.25) is 0 Å². The van der Waals surface area contributed by atoms with Crippen molar-refractivity contribution in [2.75, 3.05) is 6.54 Å². The van der Waals surface area contributed by atoms with Gasteiger partial charge in [-0.3, -0.25) is 14.8 Å². The van der Waals surface area contributed by atoms with Crippen LogP contribution in [-0.4, -0.2) is 28.0 Å². The Balaban J connectivity index is 0.00000147. The lowest BCUT2D eigenvalue weighted by Crippen LogP contribution is -2.54. The van der Waals surface area contributed by atoms with E-state index >= 15 is 0 Å². The second-order valence-electron chi connectivity index (χ2n) is 5.16. The molecule has 1 aromatic carbocycles. The fourth-order valence-electron chi connectivity index (χ4n) is 2.27. The predicted octanol–water partition coefficient (Wildman–Crippen LogP) is 1.66. The first kappa shape index (κ1) is 14.7. The molecule has 1 saturated carbocycles. The van der Waals surface area contributed by atoms with Crippen LogP contribution >= 0.6 is 12.4 Å². The third-order valence-corrected chi connectivity index (χ3v) is 3.68. The van der Waals surface area contributed by atoms with E-state index in [-0.39, 0.29) is 23.9 Å². The van der Waals surface area contributed by atoms with Gasteiger partial charge in [-0.2, -0.15) is 0 Å². The van der Waals surface area contributed by atoms with Gasteiger partial charge in [-0.25, -0.2) is 0 Å². The number of rotatable bonds is 3. The highest BCUT2D eigenvalue weighted by Gasteiger charge is 2.32. The van der Waals surface area contributed by atoms with E-state index < -0.39 is 0 Å². The zero-order valence-corrected chi connectivity index (χ0v) is 11.8. The molecule has 106 valence electrons. The number of benzene rings is 1. The van der Waals surface area contributed by atoms with Crippen molar-refractivity contribution in [3.8, 4) is 0 Å². The highest BCUT2D eigenvalue weighted by molar-refractivity contribution is 5.97. The van der Waals surface area contributed by atoms with Crippen LogP contribution in [0.4, 0.5) is 0 Å². The van der Waals surface area contributed by atoms with Gasteiger partial charge < -0.3 is 11.1 Å². The predicted molar refractivity (Wildman–Crippen MR) is 79.9 cm³/mol. The topological polar surface area (TPSA) is 80.9 Å². The van der Waals surface area contributed by atoms with Gasteiger partial charge in [0, 0.05) is 30.0 Å². The van der Waals surface area contributed by atoms with Crippen LogP contribution in [-0.2, 0) is 0 Å². The van der Waals surface area contributed by atoms with E-state index in [1.165, 1.54) is 0 Å². The number of nitrogens with two attached hydrogens (primary N) is 1. The number of amides is 1. The zero-order valence-electron chi connectivity index (χ0n) is 11.0. The summed E-state index contributed by atoms with van der Waals surface area (Å²) in [5.74, 6) is -0.107. The molecule has 0 aliphatic heterocycles. The van der Waals surface area contributed by atoms with Crippen molar-refractivity contribution in [2.45, 2.75) is 24.8 Å². The minimum Gasteiger partial charge on any atom is -0.350 e. The molecule has 3 rings (SSSR count). The highest BCUT2D eigenvalue weighted by Crippen LogP contribution is 2.28. The molecule has 0 spiro atoms. The lowest BCUT2D eigenvalue weighted by Gasteiger charge is -2.38. The van der Waals surface area contributed by atoms with Crippen molar-refractivity contribution >= 4 is 29.3 Å². The molecule has 0 atom stereocenters. The smallest absolute Gasteiger partial charge is 0.251 e. The Hall–Kier alpha value is -1.72. The molecule has 1 heterocycles. The van der Waals surface area contributed by atoms with E-state index in [9.17, 15) is 4.79 Å². The van der Waals surface area contributed by atoms with Gasteiger partial charge in [0.25, 0.3) is 5.91 Å². The number of carbonyl (C=O) groups is 1. The van der Waals surface area contributed by atoms with Gasteiger partial charge in [0.2, 0.25) is 0 Å². The number of halogens is 1. The van der Waals surface area contributed by atoms with Gasteiger partial charge in [-0.15, -0.1) is 12.4 Å². The highest BCUT2D eigenvalue weighted by atomic mass is 35.5. The first-order valence-corrected chi connectivity index (χ1v) is 6.44. The summed E-state index contributed by atoms with van der Waals surface area (Å²) < 4.78 is 0. The van der Waals surface area contributed by atoms with Crippen LogP contribution in [0.25, 0.3) is 11.0 Å². The molecule has 6 heteroatoms. The summed E-state index contributed by atoms with van der Waals surface area (Å²) in [6, 6.07) is 5.32. The number of aromatic nitrogens is 2. The maximum Gasteiger partial charge on any atom is 0.251 e. The van der Waals surface area contributed by atoms with Gasteiger partial charge in [-0.1, -0.05) is 0 Å². The van der Waals surface area contributed by atoms with Gasteiger partial charge in [0.15, 0.2) is 0 Å². The molecule has 5 nitrogen and oxygen atoms in total. The van der Waals surface area contributed by atoms with Gasteiger partial charge >= 0.3 is 0 Å². The fourth-order valence-corrected chi connectivity index (χ4v) is 2.27. The molecule has 1 aliphatic carbocycles. The molecule has 1 amide bonds. The lowest BCUT2D eigenvalue weighted by molar-refractivity contribution is 0.0930. The molecule has 0 bridgehead atoms. The Kier molecular flexibility index (Phi) is 4.20. The maximum absolute atomic E-state index is 12.1. The van der Waals surface area contributed by atoms with Crippen molar-refractivity contribution in [2.24, 2.45) is 5.73 Å². The zero-order chi connectivity index (χ0) is 13.3. The second-order valence-corrected chi connectivity index (χ2v) is 5.16. The van der Waals surface area contributed by atoms with Gasteiger partial charge in [0.1, 0.15) is 0 Å². The molecule has 0 unspecified atom stereocenters. The number of carbonyl (C=O) groups excluding carboxylic acids is 1. The Morgan fingerprint density at radius 1 is 1.25 bits per heavy atom. The summed E-state index contributed by atoms with van der Waals surface area (Å²) in [5.41, 5.74) is 7.98. The van der Waals surface area contributed by atoms with Crippen LogP contribution in [0.5, 0.6) is 0 Å². The molecule has 1 aliphatic rings. The summed E-state index contributed by atoms with van der Waals surface area (Å²) in [5, 5.41) is 2.89. The molecule has 20 heavy (non-hydrogen) atoms. The average molecular weight is 293 g/mol. The Labute approximate surface area is 123 Å². The minimum atomic E-state index is -0.202. The van der Waals surface area contributed by atoms with E-state index in [0.29, 0.717) is 12.1 Å². The van der Waals surface area contributed by atoms with E-state index in [2.05, 4.69) is 15.3 Å². The first-order valence-electron chi connectivity index (χ1n) is 6.44. The summed E-state index contributed by atoms with van der Waals surface area (Å²) in [7, 11) is 0. The van der Waals surface area contributed by atoms with Crippen LogP contribution < -0.4 is 11.1 Å². The second kappa shape index (κ2) is 5.73. The number of fused-ring (bicyclic) bond motifs is 1. The molecular weight excluding hydrogens is 276 g/mol. The average Bonchev–Trinajstić information content (AvgIpc) is 2.42. The van der Waals surface area contributed by atoms with Crippen LogP contribution in [0.15, 0.2) is 30.6 Å². The molecular formula is C14H17ClN4O. The van der Waals surface area contributed by atoms with Gasteiger partial charge in [0.05, 0.1) is 11.0 Å². The van der Waals surface area contributed by atoms with E-state index in [1.54, 1.807) is 30.6 Å². The SMILES string of the molecule is Cl.NC1(CNC(=O)c2ccc3nccnc3c2)CCC1. The van der Waals surface area contributed by atoms with E-state index in [4.69, 9.17) is 5.73 Å². The number of hydrogen-bond acceptors (Lipinski definition) is 4. The Morgan fingerprint density at radius 2 is 1.95 bits per heavy atom. The third-order valence-electron chi connectivity index (χ3n) is 3.68. The van der Waals surface area contributed by atoms with E-state index in [0.717, 1.165) is 30.3 Å². The number of nitrogens with one attached hydrogen (secondary N) is 1. The number of hydrogen-bond donors (Lipinski definition) is 2. The van der Waals surface area contributed by atoms with Crippen molar-refractivity contribution in [1.29, 1.82) is 0 Å². The fraction of sp³-hybridized carbons (Fsp3) is 0.357. The molecule has 1 fully saturated rings. The third kappa shape index (κ3) is 2.89. The van der Waals surface area contributed by atoms with Crippen molar-refractivity contribution in [1.82, 2.24) is 15.3 Å². The number of nitrogens with zero attached hydrogens (tertiary/aromatic N) is 2. The standard InChI is InChI=1S/C14H16N4O.ClH/c15-14(4-1-5-14)9-18-13(19)10-2-3-11-12(8-10)17-7-6-16-11;/h2-3,6-8H,1,4-5,9,15H2,(H,18,19);1H. The molecule has 3 N–H and O–H groups in total. The summed E-state index contributed by atoms with van der Waals surface area (Å²) >= 11 is 0. The lowest BCUT2D eigenvalue weighted by atomic mass is 9.78. The van der Waals surface area contributed by atoms with Crippen molar-refractivity contribution < 1.29 is 4.79 Å². The molecule has 0 radical (unpaired) electrons. The summed E-state index contributed by atoms with van der Waals surface area (Å²) in [6.45, 7) is 0.532. The maximum atomic E-state index is 12.1. The van der Waals surface area contributed by atoms with Crippen LogP contribution in [0.1, 0.15) is 29.6 Å². The quantitative estimate of drug-likeness (QED) is 0.901. The summed E-state index contributed by atoms with van der Waals surface area (Å²) in [4.78, 5) is 20.4. The van der Waals surface area contributed by atoms with Crippen molar-refractivity contribution in [3.05, 3.63) is 36.2 Å². The molecule has 1 aromatic heterocycles. The monoisotopic (exact) mass is 292 g/mol. The molecule has 2 aromatic rings. The molecule has 0 saturated heterocycles. The first-order chi connectivity index (χ1) is 9.16. The van der Waals surface area contributed by atoms with E-state index in [1.807, 2.05) is 0 Å². The Bertz CT molecular complexity index is 627. The Morgan fingerprint density at radius 3 is 2.60 bits per heavy atom. The normalized spacial score (nSPS) is 16.1. The summed E-state index contributed by atoms with van der Waals surface area (Å²) in [6.07, 6.45) is 6.37. The van der Waals surface area contributed by atoms with Gasteiger partial charge in [-0.05, 0) is 37.5 Å². The van der Waals surface area contributed by atoms with Crippen LogP contribution in [0, 0.1) is 0 Å². The largest absolute Gasteiger partial charge is 0.350 e. The minimum absolute atomic E-state index is 0.